The zero-order valence-electron chi connectivity index (χ0n) is 27.0. The van der Waals surface area contributed by atoms with Crippen molar-refractivity contribution in [2.24, 2.45) is 0 Å². The number of sulfonamides is 1. The second-order valence-electron chi connectivity index (χ2n) is 12.2. The fraction of sp³-hybridized carbons (Fsp3) is 0.297. The number of halogens is 5. The first-order valence-corrected chi connectivity index (χ1v) is 18.8. The van der Waals surface area contributed by atoms with E-state index in [9.17, 15) is 31.2 Å². The fourth-order valence-electron chi connectivity index (χ4n) is 6.00. The zero-order chi connectivity index (χ0) is 35.9. The average molecular weight is 791 g/mol. The molecule has 0 aliphatic heterocycles. The highest BCUT2D eigenvalue weighted by Crippen LogP contribution is 2.37. The third-order valence-corrected chi connectivity index (χ3v) is 11.3. The number of rotatable bonds is 12. The number of carbonyl (C=O) groups excluding carboxylic acids is 2. The first kappa shape index (κ1) is 37.4. The average Bonchev–Trinajstić information content (AvgIpc) is 3.10. The number of alkyl halides is 3. The summed E-state index contributed by atoms with van der Waals surface area (Å²) in [6.07, 6.45) is -0.144. The maximum atomic E-state index is 14.7. The lowest BCUT2D eigenvalue weighted by Gasteiger charge is -2.35. The molecule has 264 valence electrons. The van der Waals surface area contributed by atoms with E-state index in [-0.39, 0.29) is 28.9 Å². The molecule has 0 aromatic heterocycles. The Morgan fingerprint density at radius 3 is 2.10 bits per heavy atom. The summed E-state index contributed by atoms with van der Waals surface area (Å²) in [6.45, 7) is -1.02. The number of nitrogens with one attached hydrogen (secondary N) is 1. The van der Waals surface area contributed by atoms with Gasteiger partial charge in [-0.3, -0.25) is 13.9 Å². The highest BCUT2D eigenvalue weighted by atomic mass is 79.9. The number of hydrogen-bond acceptors (Lipinski definition) is 4. The molecule has 1 saturated carbocycles. The lowest BCUT2D eigenvalue weighted by molar-refractivity contribution is -0.140. The van der Waals surface area contributed by atoms with E-state index in [2.05, 4.69) is 21.2 Å². The van der Waals surface area contributed by atoms with Gasteiger partial charge in [-0.2, -0.15) is 13.2 Å². The molecule has 5 rings (SSSR count). The molecule has 2 amide bonds. The van der Waals surface area contributed by atoms with Crippen LogP contribution in [0.1, 0.15) is 48.8 Å². The molecule has 0 bridgehead atoms. The van der Waals surface area contributed by atoms with E-state index in [0.717, 1.165) is 54.3 Å². The van der Waals surface area contributed by atoms with Crippen LogP contribution >= 0.6 is 27.5 Å². The van der Waals surface area contributed by atoms with Crippen LogP contribution in [0.15, 0.2) is 112 Å². The lowest BCUT2D eigenvalue weighted by Crippen LogP contribution is -2.55. The van der Waals surface area contributed by atoms with Crippen LogP contribution in [0.5, 0.6) is 0 Å². The smallest absolute Gasteiger partial charge is 0.352 e. The van der Waals surface area contributed by atoms with Gasteiger partial charge in [-0.05, 0) is 66.4 Å². The Hall–Kier alpha value is -3.87. The van der Waals surface area contributed by atoms with Crippen LogP contribution in [0, 0.1) is 0 Å². The molecule has 7 nitrogen and oxygen atoms in total. The highest BCUT2D eigenvalue weighted by Gasteiger charge is 2.38. The third-order valence-electron chi connectivity index (χ3n) is 8.64. The second kappa shape index (κ2) is 16.4. The lowest BCUT2D eigenvalue weighted by atomic mass is 9.94. The molecule has 4 aromatic rings. The van der Waals surface area contributed by atoms with Crippen LogP contribution in [-0.4, -0.2) is 43.8 Å². The number of carbonyl (C=O) groups is 2. The normalized spacial score (nSPS) is 14.5. The SMILES string of the molecule is O=C(NC1CCCCC1)[C@@H](Cc1ccccc1)N(Cc1ccc(Br)cc1)C(=O)CN(c1cc(C(F)(F)F)ccc1Cl)S(=O)(=O)c1ccccc1. The number of amides is 2. The molecule has 1 atom stereocenters. The first-order chi connectivity index (χ1) is 23.8. The van der Waals surface area contributed by atoms with E-state index in [0.29, 0.717) is 15.9 Å². The van der Waals surface area contributed by atoms with Crippen molar-refractivity contribution in [3.05, 3.63) is 129 Å². The van der Waals surface area contributed by atoms with Gasteiger partial charge in [-0.15, -0.1) is 0 Å². The molecular weight excluding hydrogens is 755 g/mol. The van der Waals surface area contributed by atoms with E-state index in [4.69, 9.17) is 11.6 Å². The summed E-state index contributed by atoms with van der Waals surface area (Å²) < 4.78 is 71.5. The van der Waals surface area contributed by atoms with Crippen molar-refractivity contribution in [1.82, 2.24) is 10.2 Å². The molecule has 0 unspecified atom stereocenters. The summed E-state index contributed by atoms with van der Waals surface area (Å²) in [7, 11) is -4.65. The van der Waals surface area contributed by atoms with E-state index >= 15 is 0 Å². The van der Waals surface area contributed by atoms with Gasteiger partial charge in [-0.1, -0.05) is 107 Å². The van der Waals surface area contributed by atoms with Crippen LogP contribution in [0.4, 0.5) is 18.9 Å². The van der Waals surface area contributed by atoms with Crippen LogP contribution < -0.4 is 9.62 Å². The predicted molar refractivity (Wildman–Crippen MR) is 191 cm³/mol. The summed E-state index contributed by atoms with van der Waals surface area (Å²) in [5, 5.41) is 2.82. The topological polar surface area (TPSA) is 86.8 Å². The van der Waals surface area contributed by atoms with Gasteiger partial charge < -0.3 is 10.2 Å². The fourth-order valence-corrected chi connectivity index (χ4v) is 7.98. The molecule has 0 spiro atoms. The van der Waals surface area contributed by atoms with Crippen molar-refractivity contribution < 1.29 is 31.2 Å². The minimum Gasteiger partial charge on any atom is -0.352 e. The zero-order valence-corrected chi connectivity index (χ0v) is 30.1. The predicted octanol–water partition coefficient (Wildman–Crippen LogP) is 8.41. The van der Waals surface area contributed by atoms with Gasteiger partial charge in [0, 0.05) is 23.5 Å². The molecule has 1 fully saturated rings. The van der Waals surface area contributed by atoms with Crippen molar-refractivity contribution >= 4 is 55.1 Å². The molecule has 13 heteroatoms. The molecule has 4 aromatic carbocycles. The Balaban J connectivity index is 1.61. The van der Waals surface area contributed by atoms with Crippen molar-refractivity contribution in [1.29, 1.82) is 0 Å². The summed E-state index contributed by atoms with van der Waals surface area (Å²) in [5.41, 5.74) is -0.245. The molecule has 1 aliphatic rings. The quantitative estimate of drug-likeness (QED) is 0.156. The Morgan fingerprint density at radius 2 is 1.48 bits per heavy atom. The van der Waals surface area contributed by atoms with Gasteiger partial charge in [0.1, 0.15) is 12.6 Å². The Labute approximate surface area is 303 Å². The standard InChI is InChI=1S/C37H36BrClF3N3O4S/c38-29-19-16-27(17-20-29)24-44(34(22-26-10-4-1-5-11-26)36(47)43-30-12-6-2-7-13-30)35(46)25-45(50(48,49)31-14-8-3-9-15-31)33-23-28(37(40,41)42)18-21-32(33)39/h1,3-5,8-11,14-21,23,30,34H,2,6-7,12-13,22,24-25H2,(H,43,47)/t34-/m1/s1. The maximum Gasteiger partial charge on any atom is 0.416 e. The number of nitrogens with zero attached hydrogens (tertiary/aromatic N) is 2. The molecule has 50 heavy (non-hydrogen) atoms. The summed E-state index contributed by atoms with van der Waals surface area (Å²) in [5.74, 6) is -1.21. The number of anilines is 1. The molecule has 0 saturated heterocycles. The van der Waals surface area contributed by atoms with Crippen molar-refractivity contribution in [3.63, 3.8) is 0 Å². The molecule has 0 radical (unpaired) electrons. The summed E-state index contributed by atoms with van der Waals surface area (Å²) in [6, 6.07) is 24.4. The summed E-state index contributed by atoms with van der Waals surface area (Å²) in [4.78, 5) is 29.9. The Bertz CT molecular complexity index is 1880. The number of benzene rings is 4. The van der Waals surface area contributed by atoms with Crippen LogP contribution in [-0.2, 0) is 38.8 Å². The van der Waals surface area contributed by atoms with Gasteiger partial charge in [-0.25, -0.2) is 8.42 Å². The van der Waals surface area contributed by atoms with Crippen molar-refractivity contribution in [3.8, 4) is 0 Å². The molecule has 1 aliphatic carbocycles. The second-order valence-corrected chi connectivity index (χ2v) is 15.4. The molecule has 0 heterocycles. The van der Waals surface area contributed by atoms with E-state index in [1.165, 1.54) is 29.2 Å². The third kappa shape index (κ3) is 9.46. The maximum absolute atomic E-state index is 14.7. The summed E-state index contributed by atoms with van der Waals surface area (Å²) >= 11 is 9.81. The largest absolute Gasteiger partial charge is 0.416 e. The van der Waals surface area contributed by atoms with E-state index in [1.807, 2.05) is 30.3 Å². The van der Waals surface area contributed by atoms with Gasteiger partial charge in [0.05, 0.1) is 21.2 Å². The molecule has 1 N–H and O–H groups in total. The van der Waals surface area contributed by atoms with Gasteiger partial charge in [0.25, 0.3) is 10.0 Å². The number of hydrogen-bond donors (Lipinski definition) is 1. The van der Waals surface area contributed by atoms with E-state index < -0.39 is 51.9 Å². The van der Waals surface area contributed by atoms with Crippen molar-refractivity contribution in [2.75, 3.05) is 10.8 Å². The van der Waals surface area contributed by atoms with Gasteiger partial charge >= 0.3 is 6.18 Å². The van der Waals surface area contributed by atoms with Crippen LogP contribution in [0.25, 0.3) is 0 Å². The van der Waals surface area contributed by atoms with Crippen molar-refractivity contribution in [2.45, 2.75) is 68.2 Å². The van der Waals surface area contributed by atoms with Gasteiger partial charge in [0.2, 0.25) is 11.8 Å². The van der Waals surface area contributed by atoms with E-state index in [1.54, 1.807) is 30.3 Å². The van der Waals surface area contributed by atoms with Gasteiger partial charge in [0.15, 0.2) is 0 Å². The van der Waals surface area contributed by atoms with Crippen LogP contribution in [0.3, 0.4) is 0 Å². The Morgan fingerprint density at radius 1 is 0.860 bits per heavy atom. The first-order valence-electron chi connectivity index (χ1n) is 16.2. The van der Waals surface area contributed by atoms with Crippen LogP contribution in [0.2, 0.25) is 5.02 Å². The molecular formula is C37H36BrClF3N3O4S. The Kier molecular flexibility index (Phi) is 12.3. The minimum absolute atomic E-state index is 0.0852. The monoisotopic (exact) mass is 789 g/mol. The minimum atomic E-state index is -4.82. The highest BCUT2D eigenvalue weighted by molar-refractivity contribution is 9.10.